The normalized spacial score (nSPS) is 24.0. The van der Waals surface area contributed by atoms with E-state index in [-0.39, 0.29) is 17.6 Å². The van der Waals surface area contributed by atoms with Crippen LogP contribution in [0.2, 0.25) is 0 Å². The van der Waals surface area contributed by atoms with Gasteiger partial charge in [0.1, 0.15) is 5.69 Å². The molecule has 0 aliphatic carbocycles. The standard InChI is InChI=1S/C11H16N2O2S/c1-11(2)7-8(3-5-15-11)12-10(14)9-4-6-16-13-9/h4,6,8H,3,5,7H2,1-2H3,(H,12,14)/t8-/m0/s1. The van der Waals surface area contributed by atoms with Crippen molar-refractivity contribution in [2.45, 2.75) is 38.3 Å². The maximum atomic E-state index is 11.8. The van der Waals surface area contributed by atoms with E-state index in [4.69, 9.17) is 4.74 Å². The predicted molar refractivity (Wildman–Crippen MR) is 62.6 cm³/mol. The summed E-state index contributed by atoms with van der Waals surface area (Å²) in [6, 6.07) is 1.93. The van der Waals surface area contributed by atoms with Gasteiger partial charge >= 0.3 is 0 Å². The fourth-order valence-electron chi connectivity index (χ4n) is 1.94. The van der Waals surface area contributed by atoms with E-state index < -0.39 is 0 Å². The number of amides is 1. The van der Waals surface area contributed by atoms with Crippen LogP contribution in [0, 0.1) is 0 Å². The summed E-state index contributed by atoms with van der Waals surface area (Å²) in [4.78, 5) is 11.8. The SMILES string of the molecule is CC1(C)C[C@@H](NC(=O)c2ccsn2)CCO1. The molecular weight excluding hydrogens is 224 g/mol. The van der Waals surface area contributed by atoms with Gasteiger partial charge in [0.15, 0.2) is 0 Å². The fraction of sp³-hybridized carbons (Fsp3) is 0.636. The molecule has 16 heavy (non-hydrogen) atoms. The van der Waals surface area contributed by atoms with Gasteiger partial charge in [-0.25, -0.2) is 0 Å². The van der Waals surface area contributed by atoms with Crippen molar-refractivity contribution in [3.8, 4) is 0 Å². The van der Waals surface area contributed by atoms with Gasteiger partial charge in [0.25, 0.3) is 5.91 Å². The molecule has 4 nitrogen and oxygen atoms in total. The van der Waals surface area contributed by atoms with E-state index in [0.717, 1.165) is 12.8 Å². The summed E-state index contributed by atoms with van der Waals surface area (Å²) in [7, 11) is 0. The Morgan fingerprint density at radius 2 is 2.50 bits per heavy atom. The molecule has 2 rings (SSSR count). The number of aromatic nitrogens is 1. The van der Waals surface area contributed by atoms with Crippen molar-refractivity contribution < 1.29 is 9.53 Å². The highest BCUT2D eigenvalue weighted by Gasteiger charge is 2.29. The zero-order chi connectivity index (χ0) is 11.6. The minimum Gasteiger partial charge on any atom is -0.375 e. The molecule has 0 saturated carbocycles. The number of carbonyl (C=O) groups excluding carboxylic acids is 1. The van der Waals surface area contributed by atoms with Crippen molar-refractivity contribution in [3.63, 3.8) is 0 Å². The van der Waals surface area contributed by atoms with E-state index in [1.54, 1.807) is 6.07 Å². The summed E-state index contributed by atoms with van der Waals surface area (Å²) in [6.07, 6.45) is 1.72. The lowest BCUT2D eigenvalue weighted by Crippen LogP contribution is -2.45. The van der Waals surface area contributed by atoms with Gasteiger partial charge in [-0.3, -0.25) is 4.79 Å². The van der Waals surface area contributed by atoms with E-state index in [2.05, 4.69) is 9.69 Å². The summed E-state index contributed by atoms with van der Waals surface area (Å²) < 4.78 is 9.62. The molecule has 1 amide bonds. The van der Waals surface area contributed by atoms with Gasteiger partial charge in [0.05, 0.1) is 5.60 Å². The molecule has 0 unspecified atom stereocenters. The van der Waals surface area contributed by atoms with Crippen LogP contribution < -0.4 is 5.32 Å². The smallest absolute Gasteiger partial charge is 0.271 e. The van der Waals surface area contributed by atoms with Gasteiger partial charge in [-0.15, -0.1) is 0 Å². The highest BCUT2D eigenvalue weighted by molar-refractivity contribution is 7.03. The summed E-state index contributed by atoms with van der Waals surface area (Å²) >= 11 is 1.29. The average Bonchev–Trinajstić information content (AvgIpc) is 2.68. The van der Waals surface area contributed by atoms with Gasteiger partial charge in [0, 0.05) is 18.0 Å². The fourth-order valence-corrected chi connectivity index (χ4v) is 2.45. The van der Waals surface area contributed by atoms with Gasteiger partial charge < -0.3 is 10.1 Å². The average molecular weight is 240 g/mol. The monoisotopic (exact) mass is 240 g/mol. The zero-order valence-electron chi connectivity index (χ0n) is 9.53. The molecule has 1 aliphatic rings. The van der Waals surface area contributed by atoms with Crippen LogP contribution in [0.25, 0.3) is 0 Å². The summed E-state index contributed by atoms with van der Waals surface area (Å²) in [5, 5.41) is 4.81. The van der Waals surface area contributed by atoms with E-state index in [1.165, 1.54) is 11.5 Å². The molecular formula is C11H16N2O2S. The number of ether oxygens (including phenoxy) is 1. The molecule has 2 heterocycles. The first kappa shape index (κ1) is 11.5. The lowest BCUT2D eigenvalue weighted by molar-refractivity contribution is -0.0615. The Morgan fingerprint density at radius 3 is 3.12 bits per heavy atom. The van der Waals surface area contributed by atoms with Crippen molar-refractivity contribution in [1.82, 2.24) is 9.69 Å². The molecule has 1 N–H and O–H groups in total. The third-order valence-electron chi connectivity index (χ3n) is 2.70. The molecule has 1 fully saturated rings. The molecule has 0 radical (unpaired) electrons. The number of rotatable bonds is 2. The zero-order valence-corrected chi connectivity index (χ0v) is 10.3. The Kier molecular flexibility index (Phi) is 3.25. The second-order valence-electron chi connectivity index (χ2n) is 4.66. The second-order valence-corrected chi connectivity index (χ2v) is 5.32. The van der Waals surface area contributed by atoms with Gasteiger partial charge in [-0.2, -0.15) is 4.37 Å². The molecule has 1 atom stereocenters. The van der Waals surface area contributed by atoms with Crippen molar-refractivity contribution in [3.05, 3.63) is 17.1 Å². The molecule has 1 saturated heterocycles. The third-order valence-corrected chi connectivity index (χ3v) is 3.26. The molecule has 1 aromatic rings. The van der Waals surface area contributed by atoms with Crippen LogP contribution in [-0.4, -0.2) is 28.5 Å². The summed E-state index contributed by atoms with van der Waals surface area (Å²) in [5.74, 6) is -0.0797. The van der Waals surface area contributed by atoms with Crippen molar-refractivity contribution in [2.24, 2.45) is 0 Å². The van der Waals surface area contributed by atoms with Crippen LogP contribution in [-0.2, 0) is 4.74 Å². The first-order chi connectivity index (χ1) is 7.57. The van der Waals surface area contributed by atoms with E-state index in [0.29, 0.717) is 12.3 Å². The maximum absolute atomic E-state index is 11.8. The number of carbonyl (C=O) groups is 1. The molecule has 88 valence electrons. The number of hydrogen-bond donors (Lipinski definition) is 1. The molecule has 1 aliphatic heterocycles. The third kappa shape index (κ3) is 2.80. The minimum atomic E-state index is -0.141. The van der Waals surface area contributed by atoms with Crippen LogP contribution in [0.3, 0.4) is 0 Å². The Hall–Kier alpha value is -0.940. The molecule has 1 aromatic heterocycles. The lowest BCUT2D eigenvalue weighted by Gasteiger charge is -2.35. The highest BCUT2D eigenvalue weighted by Crippen LogP contribution is 2.24. The van der Waals surface area contributed by atoms with Crippen LogP contribution in [0.15, 0.2) is 11.4 Å². The Labute approximate surface area is 99.2 Å². The molecule has 0 bridgehead atoms. The number of nitrogens with one attached hydrogen (secondary N) is 1. The summed E-state index contributed by atoms with van der Waals surface area (Å²) in [6.45, 7) is 4.80. The molecule has 0 aromatic carbocycles. The van der Waals surface area contributed by atoms with E-state index in [9.17, 15) is 4.79 Å². The quantitative estimate of drug-likeness (QED) is 0.858. The van der Waals surface area contributed by atoms with Gasteiger partial charge in [-0.1, -0.05) is 0 Å². The number of nitrogens with zero attached hydrogens (tertiary/aromatic N) is 1. The van der Waals surface area contributed by atoms with Gasteiger partial charge in [0.2, 0.25) is 0 Å². The van der Waals surface area contributed by atoms with Crippen molar-refractivity contribution in [1.29, 1.82) is 0 Å². The van der Waals surface area contributed by atoms with Crippen LogP contribution in [0.1, 0.15) is 37.2 Å². The number of hydrogen-bond acceptors (Lipinski definition) is 4. The first-order valence-corrected chi connectivity index (χ1v) is 6.26. The van der Waals surface area contributed by atoms with Crippen molar-refractivity contribution >= 4 is 17.4 Å². The van der Waals surface area contributed by atoms with Crippen molar-refractivity contribution in [2.75, 3.05) is 6.61 Å². The van der Waals surface area contributed by atoms with Crippen LogP contribution in [0.5, 0.6) is 0 Å². The Morgan fingerprint density at radius 1 is 1.69 bits per heavy atom. The van der Waals surface area contributed by atoms with E-state index in [1.807, 2.05) is 19.2 Å². The largest absolute Gasteiger partial charge is 0.375 e. The summed E-state index contributed by atoms with van der Waals surface area (Å²) in [5.41, 5.74) is 0.368. The second kappa shape index (κ2) is 4.51. The maximum Gasteiger partial charge on any atom is 0.271 e. The highest BCUT2D eigenvalue weighted by atomic mass is 32.1. The van der Waals surface area contributed by atoms with Gasteiger partial charge in [-0.05, 0) is 44.3 Å². The topological polar surface area (TPSA) is 51.2 Å². The Bertz CT molecular complexity index is 362. The van der Waals surface area contributed by atoms with Crippen LogP contribution in [0.4, 0.5) is 0 Å². The predicted octanol–water partition coefficient (Wildman–Crippen LogP) is 1.83. The molecule has 0 spiro atoms. The van der Waals surface area contributed by atoms with Crippen LogP contribution >= 0.6 is 11.5 Å². The van der Waals surface area contributed by atoms with E-state index >= 15 is 0 Å². The first-order valence-electron chi connectivity index (χ1n) is 5.42. The lowest BCUT2D eigenvalue weighted by atomic mass is 9.94. The Balaban J connectivity index is 1.92. The molecule has 5 heteroatoms. The minimum absolute atomic E-state index is 0.0797.